The lowest BCUT2D eigenvalue weighted by atomic mass is 9.94. The first kappa shape index (κ1) is 12.9. The zero-order chi connectivity index (χ0) is 12.6. The summed E-state index contributed by atoms with van der Waals surface area (Å²) >= 11 is 6.16. The van der Waals surface area contributed by atoms with Crippen molar-refractivity contribution in [2.45, 2.75) is 29.9 Å². The van der Waals surface area contributed by atoms with Gasteiger partial charge in [0.2, 0.25) is 0 Å². The molecule has 0 saturated carbocycles. The summed E-state index contributed by atoms with van der Waals surface area (Å²) in [6.07, 6.45) is 0. The van der Waals surface area contributed by atoms with Crippen molar-refractivity contribution in [2.75, 3.05) is 13.1 Å². The maximum absolute atomic E-state index is 12.0. The molecule has 5 heteroatoms. The summed E-state index contributed by atoms with van der Waals surface area (Å²) in [6, 6.07) is 5.07. The van der Waals surface area contributed by atoms with Crippen molar-refractivity contribution in [3.63, 3.8) is 0 Å². The number of sulfone groups is 1. The third kappa shape index (κ3) is 2.34. The maximum Gasteiger partial charge on any atom is 0.180 e. The van der Waals surface area contributed by atoms with Gasteiger partial charge in [-0.3, -0.25) is 0 Å². The molecule has 1 aromatic rings. The van der Waals surface area contributed by atoms with Crippen molar-refractivity contribution < 1.29 is 8.42 Å². The Kier molecular flexibility index (Phi) is 3.48. The minimum Gasteiger partial charge on any atom is -0.315 e. The highest BCUT2D eigenvalue weighted by molar-refractivity contribution is 7.92. The Morgan fingerprint density at radius 3 is 2.41 bits per heavy atom. The van der Waals surface area contributed by atoms with Gasteiger partial charge < -0.3 is 5.32 Å². The Hall–Kier alpha value is -0.580. The molecule has 1 aliphatic heterocycles. The van der Waals surface area contributed by atoms with Crippen molar-refractivity contribution in [2.24, 2.45) is 0 Å². The van der Waals surface area contributed by atoms with Crippen molar-refractivity contribution >= 4 is 21.4 Å². The molecule has 0 amide bonds. The fourth-order valence-corrected chi connectivity index (χ4v) is 3.28. The second-order valence-corrected chi connectivity index (χ2v) is 7.54. The zero-order valence-corrected chi connectivity index (χ0v) is 11.5. The quantitative estimate of drug-likeness (QED) is 0.918. The van der Waals surface area contributed by atoms with Crippen LogP contribution in [0.15, 0.2) is 23.1 Å². The topological polar surface area (TPSA) is 46.2 Å². The van der Waals surface area contributed by atoms with Crippen LogP contribution < -0.4 is 5.32 Å². The van der Waals surface area contributed by atoms with E-state index in [1.807, 2.05) is 6.07 Å². The number of hydrogen-bond acceptors (Lipinski definition) is 3. The molecule has 0 atom stereocenters. The van der Waals surface area contributed by atoms with Crippen molar-refractivity contribution in [1.82, 2.24) is 5.32 Å². The Morgan fingerprint density at radius 1 is 1.35 bits per heavy atom. The van der Waals surface area contributed by atoms with E-state index in [1.165, 1.54) is 0 Å². The van der Waals surface area contributed by atoms with E-state index in [1.54, 1.807) is 26.0 Å². The Balaban J connectivity index is 2.37. The van der Waals surface area contributed by atoms with Crippen LogP contribution in [-0.2, 0) is 9.84 Å². The molecule has 1 aromatic carbocycles. The van der Waals surface area contributed by atoms with Crippen LogP contribution in [-0.4, -0.2) is 26.8 Å². The predicted octanol–water partition coefficient (Wildman–Crippen LogP) is 2.21. The minimum atomic E-state index is -3.23. The normalized spacial score (nSPS) is 17.2. The third-order valence-electron chi connectivity index (χ3n) is 3.14. The third-order valence-corrected chi connectivity index (χ3v) is 5.62. The van der Waals surface area contributed by atoms with Gasteiger partial charge in [-0.1, -0.05) is 17.7 Å². The molecular formula is C12H16ClNO2S. The van der Waals surface area contributed by atoms with Crippen LogP contribution in [0.5, 0.6) is 0 Å². The van der Waals surface area contributed by atoms with Crippen LogP contribution in [0.25, 0.3) is 0 Å². The highest BCUT2D eigenvalue weighted by Gasteiger charge is 2.24. The van der Waals surface area contributed by atoms with E-state index in [9.17, 15) is 8.42 Å². The van der Waals surface area contributed by atoms with Crippen molar-refractivity contribution in [3.05, 3.63) is 28.8 Å². The standard InChI is InChI=1S/C12H16ClNO2S/c1-8(2)17(15,16)10-3-4-11(12(13)5-10)9-6-14-7-9/h3-5,8-9,14H,6-7H2,1-2H3. The summed E-state index contributed by atoms with van der Waals surface area (Å²) < 4.78 is 24.0. The summed E-state index contributed by atoms with van der Waals surface area (Å²) in [5.41, 5.74) is 1.04. The summed E-state index contributed by atoms with van der Waals surface area (Å²) in [5.74, 6) is 0.415. The SMILES string of the molecule is CC(C)S(=O)(=O)c1ccc(C2CNC2)c(Cl)c1. The summed E-state index contributed by atoms with van der Waals surface area (Å²) in [4.78, 5) is 0.313. The molecule has 0 aromatic heterocycles. The lowest BCUT2D eigenvalue weighted by Crippen LogP contribution is -2.40. The first-order valence-electron chi connectivity index (χ1n) is 5.67. The molecule has 2 rings (SSSR count). The summed E-state index contributed by atoms with van der Waals surface area (Å²) in [5, 5.41) is 3.31. The van der Waals surface area contributed by atoms with Gasteiger partial charge in [0.1, 0.15) is 0 Å². The smallest absolute Gasteiger partial charge is 0.180 e. The molecule has 1 aliphatic rings. The van der Waals surface area contributed by atoms with E-state index in [-0.39, 0.29) is 0 Å². The largest absolute Gasteiger partial charge is 0.315 e. The van der Waals surface area contributed by atoms with Crippen LogP contribution in [0, 0.1) is 0 Å². The molecule has 1 heterocycles. The fourth-order valence-electron chi connectivity index (χ4n) is 1.80. The second kappa shape index (κ2) is 4.59. The molecule has 0 unspecified atom stereocenters. The Morgan fingerprint density at radius 2 is 2.00 bits per heavy atom. The average Bonchev–Trinajstić information content (AvgIpc) is 2.17. The first-order chi connectivity index (χ1) is 7.93. The molecule has 1 fully saturated rings. The monoisotopic (exact) mass is 273 g/mol. The molecular weight excluding hydrogens is 258 g/mol. The summed E-state index contributed by atoms with van der Waals surface area (Å²) in [6.45, 7) is 5.17. The van der Waals surface area contributed by atoms with Crippen LogP contribution in [0.4, 0.5) is 0 Å². The highest BCUT2D eigenvalue weighted by atomic mass is 35.5. The highest BCUT2D eigenvalue weighted by Crippen LogP contribution is 2.30. The number of halogens is 1. The minimum absolute atomic E-state index is 0.313. The van der Waals surface area contributed by atoms with Gasteiger partial charge >= 0.3 is 0 Å². The van der Waals surface area contributed by atoms with E-state index in [2.05, 4.69) is 5.32 Å². The van der Waals surface area contributed by atoms with Crippen LogP contribution >= 0.6 is 11.6 Å². The van der Waals surface area contributed by atoms with Crippen LogP contribution in [0.2, 0.25) is 5.02 Å². The number of hydrogen-bond donors (Lipinski definition) is 1. The fraction of sp³-hybridized carbons (Fsp3) is 0.500. The van der Waals surface area contributed by atoms with E-state index in [0.29, 0.717) is 15.8 Å². The lowest BCUT2D eigenvalue weighted by molar-refractivity contribution is 0.448. The first-order valence-corrected chi connectivity index (χ1v) is 7.59. The molecule has 1 saturated heterocycles. The van der Waals surface area contributed by atoms with Gasteiger partial charge in [0.25, 0.3) is 0 Å². The number of benzene rings is 1. The Labute approximate surface area is 107 Å². The van der Waals surface area contributed by atoms with E-state index in [4.69, 9.17) is 11.6 Å². The van der Waals surface area contributed by atoms with Gasteiger partial charge in [-0.15, -0.1) is 0 Å². The van der Waals surface area contributed by atoms with Gasteiger partial charge in [0.05, 0.1) is 10.1 Å². The average molecular weight is 274 g/mol. The zero-order valence-electron chi connectivity index (χ0n) is 9.90. The van der Waals surface area contributed by atoms with Gasteiger partial charge in [0, 0.05) is 24.0 Å². The van der Waals surface area contributed by atoms with E-state index in [0.717, 1.165) is 18.7 Å². The van der Waals surface area contributed by atoms with E-state index < -0.39 is 15.1 Å². The maximum atomic E-state index is 12.0. The van der Waals surface area contributed by atoms with Crippen molar-refractivity contribution in [3.8, 4) is 0 Å². The lowest BCUT2D eigenvalue weighted by Gasteiger charge is -2.28. The Bertz CT molecular complexity index is 521. The van der Waals surface area contributed by atoms with Crippen molar-refractivity contribution in [1.29, 1.82) is 0 Å². The van der Waals surface area contributed by atoms with Crippen LogP contribution in [0.3, 0.4) is 0 Å². The molecule has 94 valence electrons. The van der Waals surface area contributed by atoms with Gasteiger partial charge in [-0.25, -0.2) is 8.42 Å². The molecule has 3 nitrogen and oxygen atoms in total. The molecule has 0 spiro atoms. The second-order valence-electron chi connectivity index (χ2n) is 4.63. The van der Waals surface area contributed by atoms with Crippen LogP contribution in [0.1, 0.15) is 25.3 Å². The molecule has 1 N–H and O–H groups in total. The predicted molar refractivity (Wildman–Crippen MR) is 69.4 cm³/mol. The van der Waals surface area contributed by atoms with Gasteiger partial charge in [0.15, 0.2) is 9.84 Å². The number of rotatable bonds is 3. The molecule has 0 aliphatic carbocycles. The number of nitrogens with one attached hydrogen (secondary N) is 1. The van der Waals surface area contributed by atoms with E-state index >= 15 is 0 Å². The summed E-state index contributed by atoms with van der Waals surface area (Å²) in [7, 11) is -3.23. The van der Waals surface area contributed by atoms with Gasteiger partial charge in [-0.2, -0.15) is 0 Å². The van der Waals surface area contributed by atoms with Gasteiger partial charge in [-0.05, 0) is 31.5 Å². The molecule has 0 bridgehead atoms. The molecule has 17 heavy (non-hydrogen) atoms. The molecule has 0 radical (unpaired) electrons.